The van der Waals surface area contributed by atoms with Crippen LogP contribution in [0, 0.1) is 0 Å². The molecule has 2 heterocycles. The molecule has 0 fully saturated rings. The van der Waals surface area contributed by atoms with Crippen molar-refractivity contribution in [3.63, 3.8) is 0 Å². The van der Waals surface area contributed by atoms with E-state index in [0.29, 0.717) is 26.2 Å². The van der Waals surface area contributed by atoms with Crippen molar-refractivity contribution in [1.29, 1.82) is 0 Å². The number of aryl methyl sites for hydroxylation is 1. The molecule has 1 aliphatic heterocycles. The summed E-state index contributed by atoms with van der Waals surface area (Å²) in [4.78, 5) is 14.1. The molecule has 25 heavy (non-hydrogen) atoms. The zero-order valence-corrected chi connectivity index (χ0v) is 15.6. The molecule has 0 spiro atoms. The number of benzene rings is 1. The summed E-state index contributed by atoms with van der Waals surface area (Å²) in [5.41, 5.74) is 4.37. The van der Waals surface area contributed by atoms with Gasteiger partial charge in [0.25, 0.3) is 0 Å². The number of nitrogens with zero attached hydrogens (tertiary/aromatic N) is 3. The van der Waals surface area contributed by atoms with Gasteiger partial charge in [-0.25, -0.2) is 0 Å². The van der Waals surface area contributed by atoms with Gasteiger partial charge in [0.05, 0.1) is 18.9 Å². The first-order valence-corrected chi connectivity index (χ1v) is 9.10. The van der Waals surface area contributed by atoms with Crippen LogP contribution in [0.25, 0.3) is 0 Å². The van der Waals surface area contributed by atoms with Gasteiger partial charge >= 0.3 is 0 Å². The Morgan fingerprint density at radius 2 is 2.04 bits per heavy atom. The minimum Gasteiger partial charge on any atom is -0.370 e. The van der Waals surface area contributed by atoms with Crippen LogP contribution in [0.3, 0.4) is 0 Å². The predicted molar refractivity (Wildman–Crippen MR) is 97.2 cm³/mol. The predicted octanol–water partition coefficient (Wildman–Crippen LogP) is 3.48. The molecule has 0 radical (unpaired) electrons. The lowest BCUT2D eigenvalue weighted by Crippen LogP contribution is -2.36. The van der Waals surface area contributed by atoms with Crippen molar-refractivity contribution in [2.45, 2.75) is 45.9 Å². The average molecular weight is 362 g/mol. The van der Waals surface area contributed by atoms with Crippen LogP contribution < -0.4 is 0 Å². The highest BCUT2D eigenvalue weighted by molar-refractivity contribution is 6.30. The Morgan fingerprint density at radius 1 is 1.28 bits per heavy atom. The number of rotatable bonds is 6. The third kappa shape index (κ3) is 4.22. The zero-order valence-electron chi connectivity index (χ0n) is 14.8. The Morgan fingerprint density at radius 3 is 2.76 bits per heavy atom. The second-order valence-electron chi connectivity index (χ2n) is 6.43. The molecule has 0 N–H and O–H groups in total. The number of aromatic nitrogens is 2. The average Bonchev–Trinajstić information content (AvgIpc) is 2.92. The summed E-state index contributed by atoms with van der Waals surface area (Å²) in [6, 6.07) is 7.64. The highest BCUT2D eigenvalue weighted by Crippen LogP contribution is 2.23. The third-order valence-corrected chi connectivity index (χ3v) is 4.81. The molecule has 6 heteroatoms. The fourth-order valence-electron chi connectivity index (χ4n) is 3.22. The van der Waals surface area contributed by atoms with E-state index in [1.54, 1.807) is 0 Å². The summed E-state index contributed by atoms with van der Waals surface area (Å²) in [5, 5.41) is 5.33. The standard InChI is InChI=1S/C19H24ClN3O2/c1-3-4-19(24)23-10-9-18-16(11-23)17(21-22(18)2)13-25-12-14-5-7-15(20)8-6-14/h5-8H,3-4,9-13H2,1-2H3. The Balaban J connectivity index is 1.65. The summed E-state index contributed by atoms with van der Waals surface area (Å²) in [6.45, 7) is 4.41. The molecule has 1 amide bonds. The van der Waals surface area contributed by atoms with Gasteiger partial charge in [-0.05, 0) is 24.1 Å². The van der Waals surface area contributed by atoms with Gasteiger partial charge in [0.15, 0.2) is 0 Å². The van der Waals surface area contributed by atoms with Gasteiger partial charge in [-0.1, -0.05) is 30.7 Å². The first kappa shape index (κ1) is 18.0. The quantitative estimate of drug-likeness (QED) is 0.791. The summed E-state index contributed by atoms with van der Waals surface area (Å²) in [7, 11) is 1.96. The van der Waals surface area contributed by atoms with Gasteiger partial charge in [-0.2, -0.15) is 5.10 Å². The molecule has 2 aromatic rings. The van der Waals surface area contributed by atoms with Gasteiger partial charge in [0.2, 0.25) is 5.91 Å². The summed E-state index contributed by atoms with van der Waals surface area (Å²) in [6.07, 6.45) is 2.34. The molecular formula is C19H24ClN3O2. The molecule has 0 bridgehead atoms. The van der Waals surface area contributed by atoms with Crippen molar-refractivity contribution in [1.82, 2.24) is 14.7 Å². The fourth-order valence-corrected chi connectivity index (χ4v) is 3.34. The smallest absolute Gasteiger partial charge is 0.222 e. The van der Waals surface area contributed by atoms with E-state index in [9.17, 15) is 4.79 Å². The number of fused-ring (bicyclic) bond motifs is 1. The molecule has 0 saturated carbocycles. The van der Waals surface area contributed by atoms with Crippen molar-refractivity contribution in [3.05, 3.63) is 51.8 Å². The maximum Gasteiger partial charge on any atom is 0.222 e. The number of carbonyl (C=O) groups is 1. The molecule has 0 atom stereocenters. The largest absolute Gasteiger partial charge is 0.370 e. The van der Waals surface area contributed by atoms with Gasteiger partial charge in [-0.3, -0.25) is 9.48 Å². The van der Waals surface area contributed by atoms with Crippen LogP contribution in [0.4, 0.5) is 0 Å². The van der Waals surface area contributed by atoms with Crippen LogP contribution in [-0.4, -0.2) is 27.1 Å². The van der Waals surface area contributed by atoms with Crippen molar-refractivity contribution in [2.24, 2.45) is 7.05 Å². The maximum absolute atomic E-state index is 12.2. The second-order valence-corrected chi connectivity index (χ2v) is 6.87. The van der Waals surface area contributed by atoms with Crippen LogP contribution in [-0.2, 0) is 42.8 Å². The minimum absolute atomic E-state index is 0.227. The van der Waals surface area contributed by atoms with Gasteiger partial charge in [0.1, 0.15) is 0 Å². The Bertz CT molecular complexity index is 740. The second kappa shape index (κ2) is 8.02. The molecule has 1 aromatic heterocycles. The van der Waals surface area contributed by atoms with Gasteiger partial charge in [-0.15, -0.1) is 0 Å². The van der Waals surface area contributed by atoms with E-state index in [1.807, 2.05) is 47.8 Å². The topological polar surface area (TPSA) is 47.4 Å². The van der Waals surface area contributed by atoms with E-state index in [4.69, 9.17) is 16.3 Å². The monoisotopic (exact) mass is 361 g/mol. The van der Waals surface area contributed by atoms with E-state index >= 15 is 0 Å². The van der Waals surface area contributed by atoms with E-state index < -0.39 is 0 Å². The normalized spacial score (nSPS) is 13.8. The number of carbonyl (C=O) groups excluding carboxylic acids is 1. The molecule has 3 rings (SSSR count). The lowest BCUT2D eigenvalue weighted by Gasteiger charge is -2.27. The Hall–Kier alpha value is -1.85. The highest BCUT2D eigenvalue weighted by atomic mass is 35.5. The number of ether oxygens (including phenoxy) is 1. The van der Waals surface area contributed by atoms with Crippen molar-refractivity contribution in [2.75, 3.05) is 6.54 Å². The first-order valence-electron chi connectivity index (χ1n) is 8.72. The number of hydrogen-bond acceptors (Lipinski definition) is 3. The van der Waals surface area contributed by atoms with E-state index in [2.05, 4.69) is 5.10 Å². The van der Waals surface area contributed by atoms with Crippen LogP contribution in [0.15, 0.2) is 24.3 Å². The molecule has 134 valence electrons. The van der Waals surface area contributed by atoms with Crippen LogP contribution in [0.5, 0.6) is 0 Å². The first-order chi connectivity index (χ1) is 12.1. The SMILES string of the molecule is CCCC(=O)N1CCc2c(c(COCc3ccc(Cl)cc3)nn2C)C1. The van der Waals surface area contributed by atoms with Gasteiger partial charge in [0, 0.05) is 49.3 Å². The van der Waals surface area contributed by atoms with E-state index in [-0.39, 0.29) is 5.91 Å². The molecule has 1 aliphatic rings. The van der Waals surface area contributed by atoms with Gasteiger partial charge < -0.3 is 9.64 Å². The van der Waals surface area contributed by atoms with Crippen molar-refractivity contribution < 1.29 is 9.53 Å². The Labute approximate surface area is 153 Å². The van der Waals surface area contributed by atoms with Crippen LogP contribution >= 0.6 is 11.6 Å². The van der Waals surface area contributed by atoms with Crippen LogP contribution in [0.1, 0.15) is 42.3 Å². The van der Waals surface area contributed by atoms with Crippen molar-refractivity contribution >= 4 is 17.5 Å². The minimum atomic E-state index is 0.227. The number of hydrogen-bond donors (Lipinski definition) is 0. The summed E-state index contributed by atoms with van der Waals surface area (Å²) >= 11 is 5.90. The lowest BCUT2D eigenvalue weighted by atomic mass is 10.0. The Kier molecular flexibility index (Phi) is 5.76. The van der Waals surface area contributed by atoms with Crippen molar-refractivity contribution in [3.8, 4) is 0 Å². The molecular weight excluding hydrogens is 338 g/mol. The van der Waals surface area contributed by atoms with E-state index in [0.717, 1.165) is 41.2 Å². The summed E-state index contributed by atoms with van der Waals surface area (Å²) < 4.78 is 7.77. The molecule has 0 unspecified atom stereocenters. The molecule has 0 aliphatic carbocycles. The third-order valence-electron chi connectivity index (χ3n) is 4.56. The van der Waals surface area contributed by atoms with Crippen LogP contribution in [0.2, 0.25) is 5.02 Å². The van der Waals surface area contributed by atoms with E-state index in [1.165, 1.54) is 5.69 Å². The lowest BCUT2D eigenvalue weighted by molar-refractivity contribution is -0.132. The summed E-state index contributed by atoms with van der Waals surface area (Å²) in [5.74, 6) is 0.227. The fraction of sp³-hybridized carbons (Fsp3) is 0.474. The molecule has 0 saturated heterocycles. The number of halogens is 1. The molecule has 1 aromatic carbocycles. The molecule has 5 nitrogen and oxygen atoms in total. The zero-order chi connectivity index (χ0) is 17.8. The number of amides is 1. The maximum atomic E-state index is 12.2. The highest BCUT2D eigenvalue weighted by Gasteiger charge is 2.26.